The van der Waals surface area contributed by atoms with Gasteiger partial charge < -0.3 is 4.90 Å². The summed E-state index contributed by atoms with van der Waals surface area (Å²) in [7, 11) is 1.86. The van der Waals surface area contributed by atoms with Gasteiger partial charge in [0.15, 0.2) is 0 Å². The van der Waals surface area contributed by atoms with Gasteiger partial charge in [-0.25, -0.2) is 0 Å². The Hall–Kier alpha value is -1.14. The molecule has 0 aliphatic carbocycles. The van der Waals surface area contributed by atoms with E-state index < -0.39 is 0 Å². The lowest BCUT2D eigenvalue weighted by Crippen LogP contribution is -2.27. The van der Waals surface area contributed by atoms with Crippen molar-refractivity contribution in [1.82, 2.24) is 14.7 Å². The number of likely N-dealkylation sites (N-methyl/N-ethyl adjacent to an activating group) is 1. The molecule has 126 valence electrons. The van der Waals surface area contributed by atoms with Crippen LogP contribution in [-0.2, 0) is 24.3 Å². The molecular weight excluding hydrogens is 374 g/mol. The van der Waals surface area contributed by atoms with Crippen LogP contribution in [0, 0.1) is 19.8 Å². The van der Waals surface area contributed by atoms with Crippen molar-refractivity contribution in [3.05, 3.63) is 37.7 Å². The van der Waals surface area contributed by atoms with Gasteiger partial charge in [0.1, 0.15) is 0 Å². The molecule has 4 nitrogen and oxygen atoms in total. The highest BCUT2D eigenvalue weighted by Gasteiger charge is 2.18. The van der Waals surface area contributed by atoms with Gasteiger partial charge in [0.2, 0.25) is 5.91 Å². The van der Waals surface area contributed by atoms with Crippen LogP contribution in [0.25, 0.3) is 0 Å². The van der Waals surface area contributed by atoms with E-state index in [9.17, 15) is 4.79 Å². The van der Waals surface area contributed by atoms with Crippen LogP contribution >= 0.6 is 27.3 Å². The van der Waals surface area contributed by atoms with Gasteiger partial charge >= 0.3 is 0 Å². The smallest absolute Gasteiger partial charge is 0.227 e. The summed E-state index contributed by atoms with van der Waals surface area (Å²) >= 11 is 5.12. The molecule has 23 heavy (non-hydrogen) atoms. The first-order chi connectivity index (χ1) is 10.8. The lowest BCUT2D eigenvalue weighted by atomic mass is 10.1. The maximum absolute atomic E-state index is 12.5. The van der Waals surface area contributed by atoms with Gasteiger partial charge in [-0.1, -0.05) is 13.8 Å². The average Bonchev–Trinajstić information content (AvgIpc) is 2.97. The third-order valence-corrected chi connectivity index (χ3v) is 5.45. The largest absolute Gasteiger partial charge is 0.340 e. The van der Waals surface area contributed by atoms with E-state index in [0.29, 0.717) is 18.9 Å². The highest BCUT2D eigenvalue weighted by Crippen LogP contribution is 2.23. The first-order valence-electron chi connectivity index (χ1n) is 7.79. The molecule has 2 rings (SSSR count). The zero-order valence-corrected chi connectivity index (χ0v) is 16.8. The summed E-state index contributed by atoms with van der Waals surface area (Å²) in [5, 5.41) is 4.59. The lowest BCUT2D eigenvalue weighted by molar-refractivity contribution is -0.129. The zero-order chi connectivity index (χ0) is 17.1. The molecule has 0 radical (unpaired) electrons. The molecule has 0 N–H and O–H groups in total. The van der Waals surface area contributed by atoms with Crippen LogP contribution in [0.3, 0.4) is 0 Å². The molecule has 6 heteroatoms. The Morgan fingerprint density at radius 1 is 1.39 bits per heavy atom. The Bertz CT molecular complexity index is 690. The Labute approximate surface area is 150 Å². The zero-order valence-electron chi connectivity index (χ0n) is 14.4. The molecule has 0 aliphatic heterocycles. The third kappa shape index (κ3) is 4.67. The predicted molar refractivity (Wildman–Crippen MR) is 98.7 cm³/mol. The minimum atomic E-state index is 0.129. The van der Waals surface area contributed by atoms with E-state index in [1.165, 1.54) is 4.88 Å². The highest BCUT2D eigenvalue weighted by molar-refractivity contribution is 9.11. The molecule has 0 saturated heterocycles. The summed E-state index contributed by atoms with van der Waals surface area (Å²) in [6.07, 6.45) is 0.415. The highest BCUT2D eigenvalue weighted by atomic mass is 79.9. The number of rotatable bonds is 6. The summed E-state index contributed by atoms with van der Waals surface area (Å²) < 4.78 is 3.12. The number of hydrogen-bond acceptors (Lipinski definition) is 3. The van der Waals surface area contributed by atoms with Crippen molar-refractivity contribution >= 4 is 33.2 Å². The first kappa shape index (κ1) is 18.2. The van der Waals surface area contributed by atoms with Crippen LogP contribution < -0.4 is 0 Å². The van der Waals surface area contributed by atoms with Crippen molar-refractivity contribution in [3.63, 3.8) is 0 Å². The SMILES string of the molecule is Cc1nn(CC(C)C)c(C)c1CC(=O)N(C)Cc1ccc(Br)s1. The number of carbonyl (C=O) groups is 1. The van der Waals surface area contributed by atoms with Crippen molar-refractivity contribution in [1.29, 1.82) is 0 Å². The standard InChI is InChI=1S/C17H24BrN3OS/c1-11(2)9-21-13(4)15(12(3)19-21)8-17(22)20(5)10-14-6-7-16(18)23-14/h6-7,11H,8-10H2,1-5H3. The van der Waals surface area contributed by atoms with Crippen LogP contribution in [0.4, 0.5) is 0 Å². The van der Waals surface area contributed by atoms with Crippen LogP contribution in [0.5, 0.6) is 0 Å². The normalized spacial score (nSPS) is 11.3. The maximum atomic E-state index is 12.5. The van der Waals surface area contributed by atoms with Gasteiger partial charge in [-0.15, -0.1) is 11.3 Å². The van der Waals surface area contributed by atoms with Crippen molar-refractivity contribution in [2.24, 2.45) is 5.92 Å². The molecule has 2 aromatic rings. The van der Waals surface area contributed by atoms with Crippen molar-refractivity contribution in [2.75, 3.05) is 7.05 Å². The number of hydrogen-bond donors (Lipinski definition) is 0. The summed E-state index contributed by atoms with van der Waals surface area (Å²) in [6, 6.07) is 4.07. The van der Waals surface area contributed by atoms with Crippen molar-refractivity contribution in [2.45, 2.75) is 47.2 Å². The second-order valence-electron chi connectivity index (χ2n) is 6.36. The fourth-order valence-electron chi connectivity index (χ4n) is 2.56. The number of aromatic nitrogens is 2. The fraction of sp³-hybridized carbons (Fsp3) is 0.529. The van der Waals surface area contributed by atoms with Crippen LogP contribution in [0.2, 0.25) is 0 Å². The Morgan fingerprint density at radius 2 is 2.09 bits per heavy atom. The molecule has 0 spiro atoms. The van der Waals surface area contributed by atoms with Gasteiger partial charge in [-0.05, 0) is 47.8 Å². The topological polar surface area (TPSA) is 38.1 Å². The maximum Gasteiger partial charge on any atom is 0.227 e. The van der Waals surface area contributed by atoms with Crippen LogP contribution in [-0.4, -0.2) is 27.6 Å². The number of amides is 1. The summed E-state index contributed by atoms with van der Waals surface area (Å²) in [5.74, 6) is 0.668. The molecule has 0 fully saturated rings. The monoisotopic (exact) mass is 397 g/mol. The summed E-state index contributed by atoms with van der Waals surface area (Å²) in [5.41, 5.74) is 3.13. The summed E-state index contributed by atoms with van der Waals surface area (Å²) in [6.45, 7) is 9.93. The van der Waals surface area contributed by atoms with Crippen molar-refractivity contribution < 1.29 is 4.79 Å². The molecular formula is C17H24BrN3OS. The van der Waals surface area contributed by atoms with E-state index in [-0.39, 0.29) is 5.91 Å². The van der Waals surface area contributed by atoms with Gasteiger partial charge in [0.25, 0.3) is 0 Å². The molecule has 1 amide bonds. The molecule has 2 aromatic heterocycles. The predicted octanol–water partition coefficient (Wildman–Crippen LogP) is 4.18. The molecule has 0 aliphatic rings. The number of nitrogens with zero attached hydrogens (tertiary/aromatic N) is 3. The third-order valence-electron chi connectivity index (χ3n) is 3.85. The van der Waals surface area contributed by atoms with Gasteiger partial charge in [0.05, 0.1) is 22.4 Å². The quantitative estimate of drug-likeness (QED) is 0.732. The lowest BCUT2D eigenvalue weighted by Gasteiger charge is -2.16. The van der Waals surface area contributed by atoms with E-state index in [1.54, 1.807) is 16.2 Å². The average molecular weight is 398 g/mol. The van der Waals surface area contributed by atoms with E-state index >= 15 is 0 Å². The van der Waals surface area contributed by atoms with Gasteiger partial charge in [-0.3, -0.25) is 9.48 Å². The molecule has 0 aromatic carbocycles. The molecule has 0 bridgehead atoms. The van der Waals surface area contributed by atoms with E-state index in [1.807, 2.05) is 24.7 Å². The second-order valence-corrected chi connectivity index (χ2v) is 8.91. The molecule has 0 unspecified atom stereocenters. The molecule has 0 saturated carbocycles. The first-order valence-corrected chi connectivity index (χ1v) is 9.40. The Kier molecular flexibility index (Phi) is 6.03. The molecule has 2 heterocycles. The van der Waals surface area contributed by atoms with Crippen LogP contribution in [0.1, 0.15) is 35.7 Å². The number of halogens is 1. The Balaban J connectivity index is 2.06. The number of carbonyl (C=O) groups excluding carboxylic acids is 1. The van der Waals surface area contributed by atoms with E-state index in [4.69, 9.17) is 0 Å². The van der Waals surface area contributed by atoms with E-state index in [2.05, 4.69) is 47.9 Å². The molecule has 0 atom stereocenters. The second kappa shape index (κ2) is 7.62. The number of thiophene rings is 1. The fourth-order valence-corrected chi connectivity index (χ4v) is 4.10. The van der Waals surface area contributed by atoms with Crippen LogP contribution in [0.15, 0.2) is 15.9 Å². The van der Waals surface area contributed by atoms with Gasteiger partial charge in [0, 0.05) is 29.7 Å². The Morgan fingerprint density at radius 3 is 2.65 bits per heavy atom. The van der Waals surface area contributed by atoms with Gasteiger partial charge in [-0.2, -0.15) is 5.10 Å². The minimum absolute atomic E-state index is 0.129. The number of aryl methyl sites for hydroxylation is 1. The minimum Gasteiger partial charge on any atom is -0.340 e. The summed E-state index contributed by atoms with van der Waals surface area (Å²) in [4.78, 5) is 15.5. The van der Waals surface area contributed by atoms with Crippen molar-refractivity contribution in [3.8, 4) is 0 Å². The van der Waals surface area contributed by atoms with E-state index in [0.717, 1.165) is 27.3 Å².